The molecule has 2 rings (SSSR count). The molecule has 1 heterocycles. The molecule has 0 radical (unpaired) electrons. The van der Waals surface area contributed by atoms with Crippen molar-refractivity contribution in [2.45, 2.75) is 31.8 Å². The van der Waals surface area contributed by atoms with E-state index >= 15 is 0 Å². The number of alkyl halides is 3. The summed E-state index contributed by atoms with van der Waals surface area (Å²) in [6, 6.07) is 10.7. The van der Waals surface area contributed by atoms with Gasteiger partial charge in [0.2, 0.25) is 5.88 Å². The largest absolute Gasteiger partial charge is 0.481 e. The van der Waals surface area contributed by atoms with Crippen molar-refractivity contribution < 1.29 is 17.9 Å². The quantitative estimate of drug-likeness (QED) is 0.247. The number of hydrogen-bond acceptors (Lipinski definition) is 4. The van der Waals surface area contributed by atoms with E-state index in [9.17, 15) is 13.2 Å². The fourth-order valence-electron chi connectivity index (χ4n) is 2.47. The molecule has 148 valence electrons. The van der Waals surface area contributed by atoms with Crippen LogP contribution in [-0.2, 0) is 4.74 Å². The predicted molar refractivity (Wildman–Crippen MR) is 107 cm³/mol. The van der Waals surface area contributed by atoms with Gasteiger partial charge in [0, 0.05) is 16.0 Å². The number of methoxy groups -OCH3 is 1. The first-order valence-corrected chi connectivity index (χ1v) is 9.21. The Morgan fingerprint density at radius 1 is 1.14 bits per heavy atom. The van der Waals surface area contributed by atoms with Crippen LogP contribution in [0.2, 0.25) is 0 Å². The maximum atomic E-state index is 13.8. The molecule has 0 atom stereocenters. The highest BCUT2D eigenvalue weighted by atomic mass is 32.2. The van der Waals surface area contributed by atoms with Gasteiger partial charge in [-0.15, -0.1) is 0 Å². The summed E-state index contributed by atoms with van der Waals surface area (Å²) < 4.78 is 46.4. The summed E-state index contributed by atoms with van der Waals surface area (Å²) >= 11 is 0.920. The Balaban J connectivity index is 2.48. The Morgan fingerprint density at radius 3 is 2.32 bits per heavy atom. The monoisotopic (exact) mass is 406 g/mol. The molecular formula is C21H21F3N2OS. The number of halogens is 3. The molecule has 1 aromatic carbocycles. The summed E-state index contributed by atoms with van der Waals surface area (Å²) in [5.41, 5.74) is 1.65. The van der Waals surface area contributed by atoms with Crippen molar-refractivity contribution in [1.29, 1.82) is 0 Å². The second kappa shape index (κ2) is 9.10. The van der Waals surface area contributed by atoms with Gasteiger partial charge in [-0.1, -0.05) is 42.1 Å². The number of hydrogen-bond donors (Lipinski definition) is 0. The van der Waals surface area contributed by atoms with E-state index in [-0.39, 0.29) is 4.91 Å². The van der Waals surface area contributed by atoms with E-state index in [1.807, 2.05) is 32.0 Å². The van der Waals surface area contributed by atoms with Gasteiger partial charge in [0.1, 0.15) is 5.57 Å². The van der Waals surface area contributed by atoms with E-state index < -0.39 is 17.6 Å². The lowest BCUT2D eigenvalue weighted by atomic mass is 10.1. The molecule has 0 unspecified atom stereocenters. The van der Waals surface area contributed by atoms with Crippen LogP contribution >= 0.6 is 11.8 Å². The normalized spacial score (nSPS) is 13.2. The van der Waals surface area contributed by atoms with Crippen LogP contribution in [0.1, 0.15) is 23.7 Å². The van der Waals surface area contributed by atoms with Gasteiger partial charge in [0.05, 0.1) is 18.5 Å². The van der Waals surface area contributed by atoms with Gasteiger partial charge in [-0.05, 0) is 44.5 Å². The zero-order valence-corrected chi connectivity index (χ0v) is 16.9. The first-order valence-electron chi connectivity index (χ1n) is 8.40. The van der Waals surface area contributed by atoms with Gasteiger partial charge in [-0.3, -0.25) is 4.98 Å². The number of nitrogens with zero attached hydrogens (tertiary/aromatic N) is 2. The summed E-state index contributed by atoms with van der Waals surface area (Å²) in [6.07, 6.45) is -3.11. The lowest BCUT2D eigenvalue weighted by Crippen LogP contribution is -2.16. The van der Waals surface area contributed by atoms with Crippen LogP contribution in [0.15, 0.2) is 75.4 Å². The van der Waals surface area contributed by atoms with E-state index in [0.717, 1.165) is 30.0 Å². The van der Waals surface area contributed by atoms with Gasteiger partial charge in [-0.2, -0.15) is 13.2 Å². The number of aromatic nitrogens is 1. The van der Waals surface area contributed by atoms with E-state index in [2.05, 4.69) is 16.6 Å². The fourth-order valence-corrected chi connectivity index (χ4v) is 3.33. The average Bonchev–Trinajstić information content (AvgIpc) is 2.62. The molecule has 0 aliphatic heterocycles. The summed E-state index contributed by atoms with van der Waals surface area (Å²) in [5.74, 6) is -0.542. The van der Waals surface area contributed by atoms with Crippen molar-refractivity contribution in [3.05, 3.63) is 82.4 Å². The number of allylic oxidation sites excluding steroid dienone is 1. The lowest BCUT2D eigenvalue weighted by Gasteiger charge is -2.17. The molecule has 0 fully saturated rings. The van der Waals surface area contributed by atoms with E-state index in [1.54, 1.807) is 31.3 Å². The minimum atomic E-state index is -4.68. The Bertz CT molecular complexity index is 916. The summed E-state index contributed by atoms with van der Waals surface area (Å²) in [6.45, 7) is 8.94. The number of ether oxygens (including phenoxy) is 1. The first-order chi connectivity index (χ1) is 13.1. The maximum Gasteiger partial charge on any atom is 0.422 e. The van der Waals surface area contributed by atoms with Gasteiger partial charge in [0.25, 0.3) is 0 Å². The van der Waals surface area contributed by atoms with Crippen LogP contribution in [0.25, 0.3) is 0 Å². The minimum Gasteiger partial charge on any atom is -0.481 e. The van der Waals surface area contributed by atoms with Crippen LogP contribution in [0.5, 0.6) is 0 Å². The molecule has 0 aliphatic carbocycles. The van der Waals surface area contributed by atoms with Gasteiger partial charge >= 0.3 is 6.18 Å². The highest BCUT2D eigenvalue weighted by Gasteiger charge is 2.40. The maximum absolute atomic E-state index is 13.8. The van der Waals surface area contributed by atoms with Crippen molar-refractivity contribution in [3.8, 4) is 0 Å². The van der Waals surface area contributed by atoms with Crippen molar-refractivity contribution >= 4 is 17.5 Å². The smallest absolute Gasteiger partial charge is 0.422 e. The molecule has 0 amide bonds. The van der Waals surface area contributed by atoms with Crippen molar-refractivity contribution in [1.82, 2.24) is 4.98 Å². The van der Waals surface area contributed by atoms with Crippen LogP contribution in [0.3, 0.4) is 0 Å². The number of benzene rings is 1. The van der Waals surface area contributed by atoms with E-state index in [1.165, 1.54) is 0 Å². The van der Waals surface area contributed by atoms with Crippen molar-refractivity contribution in [2.75, 3.05) is 7.11 Å². The third-order valence-electron chi connectivity index (χ3n) is 3.85. The van der Waals surface area contributed by atoms with Gasteiger partial charge in [0.15, 0.2) is 0 Å². The molecule has 28 heavy (non-hydrogen) atoms. The molecule has 2 aromatic rings. The average molecular weight is 406 g/mol. The molecule has 0 N–H and O–H groups in total. The highest BCUT2D eigenvalue weighted by molar-refractivity contribution is 8.03. The third kappa shape index (κ3) is 5.48. The van der Waals surface area contributed by atoms with Gasteiger partial charge in [-0.25, -0.2) is 4.99 Å². The third-order valence-corrected chi connectivity index (χ3v) is 4.81. The fraction of sp³-hybridized carbons (Fsp3) is 0.238. The standard InChI is InChI=1S/C21H21F3N2OS/c1-13-8-10-17(11-9-13)28-16(4)18(21(22,23)24)20(27-5)26-15(3)19-14(2)7-6-12-25-19/h6-12H,4H2,1-3,5H3/b20-18-,26-15?. The highest BCUT2D eigenvalue weighted by Crippen LogP contribution is 2.41. The number of aliphatic imine (C=N–C) groups is 1. The van der Waals surface area contributed by atoms with Crippen LogP contribution in [0, 0.1) is 13.8 Å². The Kier molecular flexibility index (Phi) is 7.07. The number of aryl methyl sites for hydroxylation is 2. The molecule has 0 spiro atoms. The molecule has 0 saturated carbocycles. The molecule has 3 nitrogen and oxygen atoms in total. The second-order valence-electron chi connectivity index (χ2n) is 6.09. The lowest BCUT2D eigenvalue weighted by molar-refractivity contribution is -0.0917. The summed E-state index contributed by atoms with van der Waals surface area (Å²) in [7, 11) is 1.16. The topological polar surface area (TPSA) is 34.5 Å². The zero-order valence-electron chi connectivity index (χ0n) is 16.1. The molecule has 1 aromatic heterocycles. The zero-order chi connectivity index (χ0) is 20.9. The Morgan fingerprint density at radius 2 is 1.79 bits per heavy atom. The predicted octanol–water partition coefficient (Wildman–Crippen LogP) is 6.23. The SMILES string of the molecule is C=C(Sc1ccc(C)cc1)/C(=C(\N=C(C)c1ncccc1C)OC)C(F)(F)F. The molecule has 7 heteroatoms. The molecular weight excluding hydrogens is 385 g/mol. The number of rotatable bonds is 6. The van der Waals surface area contributed by atoms with Crippen molar-refractivity contribution in [2.24, 2.45) is 4.99 Å². The first kappa shape index (κ1) is 21.8. The summed E-state index contributed by atoms with van der Waals surface area (Å²) in [4.78, 5) is 8.73. The van der Waals surface area contributed by atoms with Crippen molar-refractivity contribution in [3.63, 3.8) is 0 Å². The van der Waals surface area contributed by atoms with Gasteiger partial charge < -0.3 is 4.74 Å². The second-order valence-corrected chi connectivity index (χ2v) is 7.25. The number of thioether (sulfide) groups is 1. The number of pyridine rings is 1. The van der Waals surface area contributed by atoms with Crippen LogP contribution < -0.4 is 0 Å². The van der Waals surface area contributed by atoms with Crippen LogP contribution in [0.4, 0.5) is 13.2 Å². The molecule has 0 aliphatic rings. The Labute approximate surface area is 167 Å². The molecule has 0 saturated heterocycles. The minimum absolute atomic E-state index is 0.192. The van der Waals surface area contributed by atoms with E-state index in [0.29, 0.717) is 16.3 Å². The molecule has 0 bridgehead atoms. The Hall–Kier alpha value is -2.54. The van der Waals surface area contributed by atoms with Crippen LogP contribution in [-0.4, -0.2) is 24.0 Å². The summed E-state index contributed by atoms with van der Waals surface area (Å²) in [5, 5.41) is 0. The van der Waals surface area contributed by atoms with E-state index in [4.69, 9.17) is 4.74 Å².